The molecule has 0 aliphatic carbocycles. The van der Waals surface area contributed by atoms with Crippen molar-refractivity contribution in [2.45, 2.75) is 13.3 Å². The van der Waals surface area contributed by atoms with E-state index >= 15 is 0 Å². The molecule has 2 N–H and O–H groups in total. The van der Waals surface area contributed by atoms with Crippen LogP contribution in [0.4, 0.5) is 11.4 Å². The number of nitrogens with one attached hydrogen (secondary N) is 2. The number of benzene rings is 2. The van der Waals surface area contributed by atoms with Crippen LogP contribution in [0.3, 0.4) is 0 Å². The highest BCUT2D eigenvalue weighted by Crippen LogP contribution is 2.23. The summed E-state index contributed by atoms with van der Waals surface area (Å²) >= 11 is 0. The minimum Gasteiger partial charge on any atom is -0.492 e. The predicted octanol–water partition coefficient (Wildman–Crippen LogP) is 3.53. The van der Waals surface area contributed by atoms with Crippen molar-refractivity contribution >= 4 is 17.3 Å². The van der Waals surface area contributed by atoms with Gasteiger partial charge in [0.2, 0.25) is 5.91 Å². The van der Waals surface area contributed by atoms with Gasteiger partial charge in [-0.25, -0.2) is 0 Å². The van der Waals surface area contributed by atoms with E-state index in [1.165, 1.54) is 0 Å². The molecule has 2 aromatic rings. The summed E-state index contributed by atoms with van der Waals surface area (Å²) in [6.07, 6.45) is 0.398. The van der Waals surface area contributed by atoms with Gasteiger partial charge in [0.05, 0.1) is 12.3 Å². The highest BCUT2D eigenvalue weighted by Gasteiger charge is 2.04. The Morgan fingerprint density at radius 1 is 1.05 bits per heavy atom. The topological polar surface area (TPSA) is 50.4 Å². The summed E-state index contributed by atoms with van der Waals surface area (Å²) in [5, 5.41) is 6.09. The van der Waals surface area contributed by atoms with E-state index in [0.29, 0.717) is 19.6 Å². The summed E-state index contributed by atoms with van der Waals surface area (Å²) < 4.78 is 5.53. The molecule has 0 heterocycles. The predicted molar refractivity (Wildman–Crippen MR) is 85.8 cm³/mol. The van der Waals surface area contributed by atoms with E-state index in [4.69, 9.17) is 4.74 Å². The number of carbonyl (C=O) groups is 1. The van der Waals surface area contributed by atoms with Gasteiger partial charge in [-0.05, 0) is 31.2 Å². The van der Waals surface area contributed by atoms with Crippen molar-refractivity contribution in [2.75, 3.05) is 23.8 Å². The molecule has 2 rings (SSSR count). The normalized spacial score (nSPS) is 9.95. The zero-order valence-electron chi connectivity index (χ0n) is 12.1. The third-order valence-electron chi connectivity index (χ3n) is 2.91. The Balaban J connectivity index is 1.80. The number of para-hydroxylation sites is 3. The average Bonchev–Trinajstić information content (AvgIpc) is 2.50. The van der Waals surface area contributed by atoms with Crippen LogP contribution < -0.4 is 15.4 Å². The fraction of sp³-hybridized carbons (Fsp3) is 0.235. The molecule has 0 saturated carbocycles. The molecule has 0 bridgehead atoms. The number of rotatable bonds is 7. The molecule has 0 unspecified atom stereocenters. The number of amides is 1. The molecule has 0 fully saturated rings. The Hall–Kier alpha value is -2.49. The lowest BCUT2D eigenvalue weighted by Crippen LogP contribution is -2.16. The van der Waals surface area contributed by atoms with Crippen molar-refractivity contribution in [3.8, 4) is 5.75 Å². The first-order valence-corrected chi connectivity index (χ1v) is 7.10. The van der Waals surface area contributed by atoms with Gasteiger partial charge < -0.3 is 15.4 Å². The first-order chi connectivity index (χ1) is 10.3. The highest BCUT2D eigenvalue weighted by molar-refractivity contribution is 5.90. The van der Waals surface area contributed by atoms with Crippen molar-refractivity contribution in [3.05, 3.63) is 54.6 Å². The number of ether oxygens (including phenoxy) is 1. The van der Waals surface area contributed by atoms with Gasteiger partial charge in [0.25, 0.3) is 0 Å². The highest BCUT2D eigenvalue weighted by atomic mass is 16.5. The molecule has 0 atom stereocenters. The first kappa shape index (κ1) is 14.9. The zero-order valence-corrected chi connectivity index (χ0v) is 12.1. The van der Waals surface area contributed by atoms with Crippen LogP contribution in [-0.4, -0.2) is 19.1 Å². The minimum atomic E-state index is -0.0115. The lowest BCUT2D eigenvalue weighted by molar-refractivity contribution is -0.115. The molecule has 110 valence electrons. The molecule has 0 aliphatic heterocycles. The zero-order chi connectivity index (χ0) is 14.9. The van der Waals surface area contributed by atoms with Crippen LogP contribution in [0, 0.1) is 0 Å². The van der Waals surface area contributed by atoms with Crippen LogP contribution >= 0.6 is 0 Å². The van der Waals surface area contributed by atoms with Gasteiger partial charge in [-0.1, -0.05) is 30.3 Å². The van der Waals surface area contributed by atoms with Gasteiger partial charge in [0.1, 0.15) is 5.75 Å². The van der Waals surface area contributed by atoms with E-state index in [1.54, 1.807) is 0 Å². The molecular formula is C17H20N2O2. The van der Waals surface area contributed by atoms with Crippen LogP contribution in [0.25, 0.3) is 0 Å². The van der Waals surface area contributed by atoms with E-state index in [9.17, 15) is 4.79 Å². The Labute approximate surface area is 125 Å². The minimum absolute atomic E-state index is 0.0115. The van der Waals surface area contributed by atoms with Crippen LogP contribution in [0.5, 0.6) is 5.75 Å². The lowest BCUT2D eigenvalue weighted by Gasteiger charge is -2.12. The van der Waals surface area contributed by atoms with Crippen molar-refractivity contribution in [1.82, 2.24) is 0 Å². The fourth-order valence-corrected chi connectivity index (χ4v) is 1.95. The molecule has 1 amide bonds. The van der Waals surface area contributed by atoms with Gasteiger partial charge in [-0.3, -0.25) is 4.79 Å². The maximum Gasteiger partial charge on any atom is 0.226 e. The summed E-state index contributed by atoms with van der Waals surface area (Å²) in [6.45, 7) is 3.13. The molecule has 0 aliphatic rings. The fourth-order valence-electron chi connectivity index (χ4n) is 1.95. The van der Waals surface area contributed by atoms with Gasteiger partial charge in [-0.2, -0.15) is 0 Å². The molecular weight excluding hydrogens is 264 g/mol. The van der Waals surface area contributed by atoms with E-state index in [0.717, 1.165) is 17.1 Å². The van der Waals surface area contributed by atoms with Crippen molar-refractivity contribution < 1.29 is 9.53 Å². The van der Waals surface area contributed by atoms with Crippen LogP contribution in [0.1, 0.15) is 13.3 Å². The second-order valence-electron chi connectivity index (χ2n) is 4.52. The number of anilines is 2. The molecule has 21 heavy (non-hydrogen) atoms. The maximum absolute atomic E-state index is 11.8. The smallest absolute Gasteiger partial charge is 0.226 e. The van der Waals surface area contributed by atoms with E-state index in [1.807, 2.05) is 61.5 Å². The van der Waals surface area contributed by atoms with Gasteiger partial charge >= 0.3 is 0 Å². The summed E-state index contributed by atoms with van der Waals surface area (Å²) in [5.74, 6) is 0.797. The molecule has 0 saturated heterocycles. The maximum atomic E-state index is 11.8. The summed E-state index contributed by atoms with van der Waals surface area (Å²) in [7, 11) is 0. The number of hydrogen-bond donors (Lipinski definition) is 2. The average molecular weight is 284 g/mol. The number of hydrogen-bond acceptors (Lipinski definition) is 3. The van der Waals surface area contributed by atoms with Crippen molar-refractivity contribution in [2.24, 2.45) is 0 Å². The third kappa shape index (κ3) is 4.84. The van der Waals surface area contributed by atoms with E-state index in [2.05, 4.69) is 10.6 Å². The standard InChI is InChI=1S/C17H20N2O2/c1-2-21-16-11-7-6-10-15(16)18-13-12-17(20)19-14-8-4-3-5-9-14/h3-11,18H,2,12-13H2,1H3,(H,19,20). The Morgan fingerprint density at radius 3 is 2.52 bits per heavy atom. The molecule has 0 spiro atoms. The molecule has 0 radical (unpaired) electrons. The first-order valence-electron chi connectivity index (χ1n) is 7.10. The molecule has 2 aromatic carbocycles. The van der Waals surface area contributed by atoms with Crippen LogP contribution in [0.15, 0.2) is 54.6 Å². The second kappa shape index (κ2) is 7.94. The third-order valence-corrected chi connectivity index (χ3v) is 2.91. The second-order valence-corrected chi connectivity index (χ2v) is 4.52. The Kier molecular flexibility index (Phi) is 5.64. The van der Waals surface area contributed by atoms with E-state index in [-0.39, 0.29) is 5.91 Å². The monoisotopic (exact) mass is 284 g/mol. The summed E-state index contributed by atoms with van der Waals surface area (Å²) in [4.78, 5) is 11.8. The lowest BCUT2D eigenvalue weighted by atomic mass is 10.2. The number of carbonyl (C=O) groups excluding carboxylic acids is 1. The van der Waals surface area contributed by atoms with Gasteiger partial charge in [-0.15, -0.1) is 0 Å². The summed E-state index contributed by atoms with van der Waals surface area (Å²) in [5.41, 5.74) is 1.73. The van der Waals surface area contributed by atoms with Crippen molar-refractivity contribution in [1.29, 1.82) is 0 Å². The Bertz CT molecular complexity index is 570. The van der Waals surface area contributed by atoms with E-state index < -0.39 is 0 Å². The molecule has 0 aromatic heterocycles. The molecule has 4 heteroatoms. The van der Waals surface area contributed by atoms with Gasteiger partial charge in [0, 0.05) is 18.7 Å². The van der Waals surface area contributed by atoms with Crippen LogP contribution in [-0.2, 0) is 4.79 Å². The largest absolute Gasteiger partial charge is 0.492 e. The summed E-state index contributed by atoms with van der Waals surface area (Å²) in [6, 6.07) is 17.2. The van der Waals surface area contributed by atoms with Crippen LogP contribution in [0.2, 0.25) is 0 Å². The molecule has 4 nitrogen and oxygen atoms in total. The van der Waals surface area contributed by atoms with Crippen molar-refractivity contribution in [3.63, 3.8) is 0 Å². The SMILES string of the molecule is CCOc1ccccc1NCCC(=O)Nc1ccccc1. The van der Waals surface area contributed by atoms with Gasteiger partial charge in [0.15, 0.2) is 0 Å². The quantitative estimate of drug-likeness (QED) is 0.818. The Morgan fingerprint density at radius 2 is 1.76 bits per heavy atom.